The second-order valence-corrected chi connectivity index (χ2v) is 4.82. The third-order valence-electron chi connectivity index (χ3n) is 3.04. The van der Waals surface area contributed by atoms with Crippen molar-refractivity contribution < 1.29 is 14.7 Å². The van der Waals surface area contributed by atoms with Crippen molar-refractivity contribution in [3.05, 3.63) is 34.1 Å². The van der Waals surface area contributed by atoms with E-state index in [9.17, 15) is 14.7 Å². The molecule has 98 valence electrons. The first-order chi connectivity index (χ1) is 8.40. The van der Waals surface area contributed by atoms with E-state index in [1.54, 1.807) is 0 Å². The average Bonchev–Trinajstić information content (AvgIpc) is 2.32. The zero-order chi connectivity index (χ0) is 13.9. The lowest BCUT2D eigenvalue weighted by molar-refractivity contribution is -0.132. The van der Waals surface area contributed by atoms with Crippen LogP contribution >= 0.6 is 0 Å². The van der Waals surface area contributed by atoms with Crippen molar-refractivity contribution in [3.63, 3.8) is 0 Å². The molecule has 3 nitrogen and oxygen atoms in total. The van der Waals surface area contributed by atoms with Crippen LogP contribution in [0.1, 0.15) is 47.0 Å². The highest BCUT2D eigenvalue weighted by molar-refractivity contribution is 6.50. The van der Waals surface area contributed by atoms with Crippen molar-refractivity contribution in [2.45, 2.75) is 47.0 Å². The van der Waals surface area contributed by atoms with Crippen LogP contribution < -0.4 is 0 Å². The molecule has 0 aromatic rings. The van der Waals surface area contributed by atoms with Gasteiger partial charge in [-0.1, -0.05) is 25.0 Å². The van der Waals surface area contributed by atoms with Gasteiger partial charge in [0, 0.05) is 16.7 Å². The summed E-state index contributed by atoms with van der Waals surface area (Å²) in [5.74, 6) is -1.04. The van der Waals surface area contributed by atoms with E-state index in [4.69, 9.17) is 0 Å². The zero-order valence-electron chi connectivity index (χ0n) is 11.5. The lowest BCUT2D eigenvalue weighted by Gasteiger charge is -2.19. The number of hydrogen-bond donors (Lipinski definition) is 1. The van der Waals surface area contributed by atoms with Crippen LogP contribution in [0.4, 0.5) is 0 Å². The highest BCUT2D eigenvalue weighted by Gasteiger charge is 2.31. The van der Waals surface area contributed by atoms with Gasteiger partial charge in [0.2, 0.25) is 11.6 Å². The maximum absolute atomic E-state index is 12.0. The Morgan fingerprint density at radius 1 is 1.17 bits per heavy atom. The minimum atomic E-state index is -0.572. The van der Waals surface area contributed by atoms with Crippen molar-refractivity contribution >= 4 is 11.6 Å². The Bertz CT molecular complexity index is 472. The molecule has 0 aromatic carbocycles. The quantitative estimate of drug-likeness (QED) is 0.471. The number of ketones is 2. The van der Waals surface area contributed by atoms with Gasteiger partial charge in [0.15, 0.2) is 0 Å². The Labute approximate surface area is 108 Å². The number of carbonyl (C=O) groups excluding carboxylic acids is 2. The fraction of sp³-hybridized carbons (Fsp3) is 0.467. The molecule has 0 saturated carbocycles. The summed E-state index contributed by atoms with van der Waals surface area (Å²) in [6, 6.07) is 0. The Balaban J connectivity index is 3.29. The number of carbonyl (C=O) groups is 2. The number of hydrogen-bond acceptors (Lipinski definition) is 3. The Morgan fingerprint density at radius 3 is 2.28 bits per heavy atom. The highest BCUT2D eigenvalue weighted by atomic mass is 16.3. The van der Waals surface area contributed by atoms with Crippen molar-refractivity contribution in [1.29, 1.82) is 0 Å². The first-order valence-electron chi connectivity index (χ1n) is 6.24. The molecule has 1 aliphatic carbocycles. The van der Waals surface area contributed by atoms with E-state index in [0.29, 0.717) is 24.0 Å². The molecule has 0 bridgehead atoms. The third kappa shape index (κ3) is 2.78. The molecule has 18 heavy (non-hydrogen) atoms. The molecule has 0 saturated heterocycles. The summed E-state index contributed by atoms with van der Waals surface area (Å²) >= 11 is 0. The van der Waals surface area contributed by atoms with E-state index >= 15 is 0 Å². The van der Waals surface area contributed by atoms with Crippen LogP contribution in [-0.2, 0) is 9.59 Å². The average molecular weight is 248 g/mol. The first kappa shape index (κ1) is 14.4. The van der Waals surface area contributed by atoms with E-state index in [-0.39, 0.29) is 11.3 Å². The van der Waals surface area contributed by atoms with Crippen molar-refractivity contribution in [3.8, 4) is 0 Å². The molecular weight excluding hydrogens is 228 g/mol. The van der Waals surface area contributed by atoms with Gasteiger partial charge in [-0.3, -0.25) is 9.59 Å². The molecule has 0 amide bonds. The zero-order valence-corrected chi connectivity index (χ0v) is 11.5. The molecule has 0 aliphatic heterocycles. The molecule has 0 fully saturated rings. The van der Waals surface area contributed by atoms with Crippen LogP contribution in [-0.4, -0.2) is 16.7 Å². The highest BCUT2D eigenvalue weighted by Crippen LogP contribution is 2.30. The third-order valence-corrected chi connectivity index (χ3v) is 3.04. The van der Waals surface area contributed by atoms with E-state index in [0.717, 1.165) is 12.0 Å². The summed E-state index contributed by atoms with van der Waals surface area (Å²) in [5, 5.41) is 10.1. The van der Waals surface area contributed by atoms with Crippen LogP contribution in [0.25, 0.3) is 0 Å². The summed E-state index contributed by atoms with van der Waals surface area (Å²) in [6.07, 6.45) is 3.77. The maximum Gasteiger partial charge on any atom is 0.232 e. The van der Waals surface area contributed by atoms with E-state index < -0.39 is 11.6 Å². The van der Waals surface area contributed by atoms with Crippen LogP contribution in [0.15, 0.2) is 34.1 Å². The van der Waals surface area contributed by atoms with Crippen molar-refractivity contribution in [1.82, 2.24) is 0 Å². The summed E-state index contributed by atoms with van der Waals surface area (Å²) in [6.45, 7) is 7.37. The van der Waals surface area contributed by atoms with Gasteiger partial charge in [-0.25, -0.2) is 0 Å². The van der Waals surface area contributed by atoms with Gasteiger partial charge in [-0.05, 0) is 33.6 Å². The summed E-state index contributed by atoms with van der Waals surface area (Å²) in [5.41, 5.74) is 2.37. The number of aliphatic hydroxyl groups is 1. The van der Waals surface area contributed by atoms with Gasteiger partial charge in [-0.15, -0.1) is 0 Å². The lowest BCUT2D eigenvalue weighted by Crippen LogP contribution is -2.25. The standard InChI is InChI=1S/C15H20O3/c1-5-6-11-12(8-7-9(2)3)13(16)10(4)14(17)15(11)18/h7,16H,5-6,8H2,1-4H3. The fourth-order valence-electron chi connectivity index (χ4n) is 1.96. The minimum absolute atomic E-state index is 0.0134. The molecule has 0 spiro atoms. The topological polar surface area (TPSA) is 54.4 Å². The maximum atomic E-state index is 12.0. The summed E-state index contributed by atoms with van der Waals surface area (Å²) in [4.78, 5) is 23.6. The van der Waals surface area contributed by atoms with Gasteiger partial charge < -0.3 is 5.11 Å². The Morgan fingerprint density at radius 2 is 1.78 bits per heavy atom. The normalized spacial score (nSPS) is 16.4. The van der Waals surface area contributed by atoms with E-state index in [1.165, 1.54) is 6.92 Å². The van der Waals surface area contributed by atoms with Gasteiger partial charge in [0.1, 0.15) is 5.76 Å². The van der Waals surface area contributed by atoms with E-state index in [1.807, 2.05) is 26.8 Å². The van der Waals surface area contributed by atoms with Gasteiger partial charge in [0.25, 0.3) is 0 Å². The number of Topliss-reactive ketones (excluding diaryl/α,β-unsaturated/α-hetero) is 2. The molecule has 0 aromatic heterocycles. The van der Waals surface area contributed by atoms with Gasteiger partial charge in [-0.2, -0.15) is 0 Å². The SMILES string of the molecule is CCCC1=C(CC=C(C)C)C(O)=C(C)C(=O)C1=O. The second-order valence-electron chi connectivity index (χ2n) is 4.82. The predicted molar refractivity (Wildman–Crippen MR) is 71.3 cm³/mol. The monoisotopic (exact) mass is 248 g/mol. The van der Waals surface area contributed by atoms with Crippen LogP contribution in [0, 0.1) is 0 Å². The first-order valence-corrected chi connectivity index (χ1v) is 6.24. The fourth-order valence-corrected chi connectivity index (χ4v) is 1.96. The Kier molecular flexibility index (Phi) is 4.65. The van der Waals surface area contributed by atoms with Crippen LogP contribution in [0.3, 0.4) is 0 Å². The number of rotatable bonds is 4. The van der Waals surface area contributed by atoms with Gasteiger partial charge in [0.05, 0.1) is 0 Å². The molecule has 1 rings (SSSR count). The lowest BCUT2D eigenvalue weighted by atomic mass is 9.85. The summed E-state index contributed by atoms with van der Waals surface area (Å²) < 4.78 is 0. The van der Waals surface area contributed by atoms with Crippen LogP contribution in [0.2, 0.25) is 0 Å². The smallest absolute Gasteiger partial charge is 0.232 e. The molecular formula is C15H20O3. The minimum Gasteiger partial charge on any atom is -0.507 e. The van der Waals surface area contributed by atoms with Crippen LogP contribution in [0.5, 0.6) is 0 Å². The predicted octanol–water partition coefficient (Wildman–Crippen LogP) is 3.42. The summed E-state index contributed by atoms with van der Waals surface area (Å²) in [7, 11) is 0. The number of aliphatic hydroxyl groups excluding tert-OH is 1. The molecule has 1 aliphatic rings. The molecule has 0 atom stereocenters. The van der Waals surface area contributed by atoms with Crippen molar-refractivity contribution in [2.75, 3.05) is 0 Å². The van der Waals surface area contributed by atoms with E-state index in [2.05, 4.69) is 0 Å². The molecule has 1 N–H and O–H groups in total. The van der Waals surface area contributed by atoms with Crippen molar-refractivity contribution in [2.24, 2.45) is 0 Å². The number of allylic oxidation sites excluding steroid dienone is 5. The largest absolute Gasteiger partial charge is 0.507 e. The molecule has 0 radical (unpaired) electrons. The Hall–Kier alpha value is -1.64. The molecule has 0 unspecified atom stereocenters. The van der Waals surface area contributed by atoms with Gasteiger partial charge >= 0.3 is 0 Å². The second kappa shape index (κ2) is 5.80. The molecule has 3 heteroatoms. The molecule has 0 heterocycles.